The van der Waals surface area contributed by atoms with E-state index in [4.69, 9.17) is 23.2 Å². The molecular formula is C14H11Cl2N3O3S2. The lowest BCUT2D eigenvalue weighted by atomic mass is 10.3. The van der Waals surface area contributed by atoms with Crippen molar-refractivity contribution in [3.05, 3.63) is 34.1 Å². The Morgan fingerprint density at radius 2 is 2.21 bits per heavy atom. The third-order valence-corrected chi connectivity index (χ3v) is 5.93. The SMILES string of the molecule is COC(=O)CCSNC(=O)c1cn2c(n1)sc1c(Cl)c(Cl)ccc12. The van der Waals surface area contributed by atoms with E-state index < -0.39 is 0 Å². The first-order chi connectivity index (χ1) is 11.5. The number of methoxy groups -OCH3 is 1. The number of fused-ring (bicyclic) bond motifs is 3. The van der Waals surface area contributed by atoms with Gasteiger partial charge in [0.25, 0.3) is 5.91 Å². The number of carbonyl (C=O) groups is 2. The molecule has 0 bridgehead atoms. The van der Waals surface area contributed by atoms with Crippen LogP contribution in [0.4, 0.5) is 0 Å². The van der Waals surface area contributed by atoms with Crippen LogP contribution in [0.1, 0.15) is 16.9 Å². The fourth-order valence-corrected chi connectivity index (χ4v) is 4.16. The zero-order valence-corrected chi connectivity index (χ0v) is 15.5. The van der Waals surface area contributed by atoms with Crippen LogP contribution in [0, 0.1) is 0 Å². The van der Waals surface area contributed by atoms with Crippen LogP contribution < -0.4 is 4.72 Å². The van der Waals surface area contributed by atoms with Gasteiger partial charge in [-0.15, -0.1) is 0 Å². The zero-order valence-electron chi connectivity index (χ0n) is 12.3. The lowest BCUT2D eigenvalue weighted by Crippen LogP contribution is -2.17. The van der Waals surface area contributed by atoms with Gasteiger partial charge in [0.15, 0.2) is 4.96 Å². The average molecular weight is 404 g/mol. The Morgan fingerprint density at radius 3 is 2.96 bits per heavy atom. The number of ether oxygens (including phenoxy) is 1. The molecule has 1 N–H and O–H groups in total. The van der Waals surface area contributed by atoms with Crippen LogP contribution in [0.25, 0.3) is 15.2 Å². The molecule has 0 radical (unpaired) electrons. The summed E-state index contributed by atoms with van der Waals surface area (Å²) in [7, 11) is 1.33. The van der Waals surface area contributed by atoms with Crippen molar-refractivity contribution in [2.45, 2.75) is 6.42 Å². The van der Waals surface area contributed by atoms with Crippen molar-refractivity contribution in [2.24, 2.45) is 0 Å². The number of esters is 1. The van der Waals surface area contributed by atoms with E-state index in [-0.39, 0.29) is 18.3 Å². The fraction of sp³-hybridized carbons (Fsp3) is 0.214. The van der Waals surface area contributed by atoms with Gasteiger partial charge < -0.3 is 4.74 Å². The van der Waals surface area contributed by atoms with Gasteiger partial charge in [0.1, 0.15) is 5.69 Å². The summed E-state index contributed by atoms with van der Waals surface area (Å²) in [5.74, 6) is -0.215. The van der Waals surface area contributed by atoms with Gasteiger partial charge in [-0.05, 0) is 24.1 Å². The molecule has 2 heterocycles. The molecule has 2 aromatic heterocycles. The normalized spacial score (nSPS) is 11.1. The van der Waals surface area contributed by atoms with Crippen LogP contribution in [0.15, 0.2) is 18.3 Å². The van der Waals surface area contributed by atoms with Crippen LogP contribution in [0.5, 0.6) is 0 Å². The van der Waals surface area contributed by atoms with E-state index in [2.05, 4.69) is 14.4 Å². The molecule has 0 aliphatic rings. The lowest BCUT2D eigenvalue weighted by Gasteiger charge is -2.01. The number of hydrogen-bond donors (Lipinski definition) is 1. The maximum absolute atomic E-state index is 12.1. The average Bonchev–Trinajstić information content (AvgIpc) is 3.13. The van der Waals surface area contributed by atoms with E-state index in [1.165, 1.54) is 18.4 Å². The van der Waals surface area contributed by atoms with Crippen LogP contribution >= 0.6 is 46.5 Å². The number of amides is 1. The summed E-state index contributed by atoms with van der Waals surface area (Å²) >= 11 is 14.7. The highest BCUT2D eigenvalue weighted by Crippen LogP contribution is 2.36. The number of benzene rings is 1. The number of carbonyl (C=O) groups excluding carboxylic acids is 2. The number of aromatic nitrogens is 2. The third-order valence-electron chi connectivity index (χ3n) is 3.19. The van der Waals surface area contributed by atoms with Gasteiger partial charge in [0, 0.05) is 11.9 Å². The molecule has 0 aliphatic heterocycles. The van der Waals surface area contributed by atoms with E-state index >= 15 is 0 Å². The fourth-order valence-electron chi connectivity index (χ4n) is 2.02. The molecule has 0 atom stereocenters. The number of thiazole rings is 1. The second-order valence-electron chi connectivity index (χ2n) is 4.70. The molecule has 0 unspecified atom stereocenters. The van der Waals surface area contributed by atoms with Crippen molar-refractivity contribution in [3.63, 3.8) is 0 Å². The lowest BCUT2D eigenvalue weighted by molar-refractivity contribution is -0.140. The van der Waals surface area contributed by atoms with Crippen molar-refractivity contribution in [3.8, 4) is 0 Å². The Morgan fingerprint density at radius 1 is 1.42 bits per heavy atom. The molecule has 24 heavy (non-hydrogen) atoms. The maximum atomic E-state index is 12.1. The van der Waals surface area contributed by atoms with Gasteiger partial charge >= 0.3 is 5.97 Å². The summed E-state index contributed by atoms with van der Waals surface area (Å²) in [6.45, 7) is 0. The number of imidazole rings is 1. The Kier molecular flexibility index (Phi) is 5.19. The molecule has 0 fully saturated rings. The van der Waals surface area contributed by atoms with E-state index in [1.807, 2.05) is 6.07 Å². The molecule has 0 spiro atoms. The molecule has 0 aliphatic carbocycles. The quantitative estimate of drug-likeness (QED) is 0.398. The van der Waals surface area contributed by atoms with Gasteiger partial charge in [0.2, 0.25) is 0 Å². The highest BCUT2D eigenvalue weighted by Gasteiger charge is 2.16. The topological polar surface area (TPSA) is 72.7 Å². The highest BCUT2D eigenvalue weighted by atomic mass is 35.5. The largest absolute Gasteiger partial charge is 0.469 e. The minimum atomic E-state index is -0.325. The maximum Gasteiger partial charge on any atom is 0.306 e. The first kappa shape index (κ1) is 17.3. The summed E-state index contributed by atoms with van der Waals surface area (Å²) < 4.78 is 9.81. The Bertz CT molecular complexity index is 938. The van der Waals surface area contributed by atoms with Gasteiger partial charge in [-0.1, -0.05) is 34.5 Å². The Hall–Kier alpha value is -1.48. The van der Waals surface area contributed by atoms with Crippen LogP contribution in [-0.4, -0.2) is 34.1 Å². The molecule has 126 valence electrons. The van der Waals surface area contributed by atoms with Crippen LogP contribution in [0.3, 0.4) is 0 Å². The summed E-state index contributed by atoms with van der Waals surface area (Å²) in [4.78, 5) is 28.1. The van der Waals surface area contributed by atoms with Gasteiger partial charge in [-0.25, -0.2) is 4.98 Å². The molecule has 3 rings (SSSR count). The minimum Gasteiger partial charge on any atom is -0.469 e. The van der Waals surface area contributed by atoms with Gasteiger partial charge in [0.05, 0.1) is 33.8 Å². The number of halogens is 2. The van der Waals surface area contributed by atoms with Crippen molar-refractivity contribution < 1.29 is 14.3 Å². The predicted molar refractivity (Wildman–Crippen MR) is 97.2 cm³/mol. The van der Waals surface area contributed by atoms with Crippen molar-refractivity contribution >= 4 is 73.5 Å². The summed E-state index contributed by atoms with van der Waals surface area (Å²) in [5.41, 5.74) is 1.13. The van der Waals surface area contributed by atoms with Crippen molar-refractivity contribution in [2.75, 3.05) is 12.9 Å². The second-order valence-corrected chi connectivity index (χ2v) is 7.36. The summed E-state index contributed by atoms with van der Waals surface area (Å²) in [5, 5.41) is 0.961. The number of nitrogens with one attached hydrogen (secondary N) is 1. The molecular weight excluding hydrogens is 393 g/mol. The number of nitrogens with zero attached hydrogens (tertiary/aromatic N) is 2. The third kappa shape index (κ3) is 3.32. The summed E-state index contributed by atoms with van der Waals surface area (Å²) in [6, 6.07) is 3.54. The molecule has 1 aromatic carbocycles. The summed E-state index contributed by atoms with van der Waals surface area (Å²) in [6.07, 6.45) is 1.87. The molecule has 0 saturated heterocycles. The monoisotopic (exact) mass is 403 g/mol. The first-order valence-electron chi connectivity index (χ1n) is 6.76. The van der Waals surface area contributed by atoms with E-state index in [1.54, 1.807) is 16.7 Å². The molecule has 1 amide bonds. The van der Waals surface area contributed by atoms with E-state index in [0.29, 0.717) is 26.5 Å². The predicted octanol–water partition coefficient (Wildman–Crippen LogP) is 3.80. The number of rotatable bonds is 5. The van der Waals surface area contributed by atoms with Gasteiger partial charge in [-0.2, -0.15) is 0 Å². The number of hydrogen-bond acceptors (Lipinski definition) is 6. The Balaban J connectivity index is 1.75. The van der Waals surface area contributed by atoms with E-state index in [0.717, 1.165) is 22.2 Å². The van der Waals surface area contributed by atoms with Crippen LogP contribution in [-0.2, 0) is 9.53 Å². The van der Waals surface area contributed by atoms with Crippen molar-refractivity contribution in [1.82, 2.24) is 14.1 Å². The Labute approximate surface area is 155 Å². The molecule has 10 heteroatoms. The smallest absolute Gasteiger partial charge is 0.306 e. The first-order valence-corrected chi connectivity index (χ1v) is 9.31. The van der Waals surface area contributed by atoms with Crippen LogP contribution in [0.2, 0.25) is 10.0 Å². The minimum absolute atomic E-state index is 0.226. The molecule has 3 aromatic rings. The zero-order chi connectivity index (χ0) is 17.3. The standard InChI is InChI=1S/C14H11Cl2N3O3S2/c1-22-10(20)4-5-23-18-13(21)8-6-19-9-3-2-7(15)11(16)12(9)24-14(19)17-8/h2-3,6H,4-5H2,1H3,(H,18,21). The second kappa shape index (κ2) is 7.18. The highest BCUT2D eigenvalue weighted by molar-refractivity contribution is 7.97. The molecule has 0 saturated carbocycles. The van der Waals surface area contributed by atoms with Crippen molar-refractivity contribution in [1.29, 1.82) is 0 Å². The van der Waals surface area contributed by atoms with E-state index in [9.17, 15) is 9.59 Å². The molecule has 6 nitrogen and oxygen atoms in total. The van der Waals surface area contributed by atoms with Gasteiger partial charge in [-0.3, -0.25) is 18.7 Å².